The highest BCUT2D eigenvalue weighted by molar-refractivity contribution is 5.69. The number of nitrogens with zero attached hydrogens (tertiary/aromatic N) is 5. The second kappa shape index (κ2) is 6.50. The largest absolute Gasteiger partial charge is 0.394 e. The van der Waals surface area contributed by atoms with Gasteiger partial charge in [0.2, 0.25) is 5.65 Å². The monoisotopic (exact) mass is 373 g/mol. The van der Waals surface area contributed by atoms with Crippen molar-refractivity contribution in [2.24, 2.45) is 7.05 Å². The summed E-state index contributed by atoms with van der Waals surface area (Å²) in [5.74, 6) is 0.358. The molecule has 0 saturated carbocycles. The Hall–Kier alpha value is -2.66. The number of benzene rings is 1. The number of hydrogen-bond acceptors (Lipinski definition) is 8. The average molecular weight is 373 g/mol. The molecule has 0 unspecified atom stereocenters. The van der Waals surface area contributed by atoms with Crippen LogP contribution < -0.4 is 5.69 Å². The first-order chi connectivity index (χ1) is 12.9. The fraction of sp³-hybridized carbons (Fsp3) is 0.412. The van der Waals surface area contributed by atoms with Gasteiger partial charge in [0.1, 0.15) is 18.3 Å². The van der Waals surface area contributed by atoms with Gasteiger partial charge in [0.15, 0.2) is 17.7 Å². The van der Waals surface area contributed by atoms with Crippen molar-refractivity contribution in [2.75, 3.05) is 6.61 Å². The number of aliphatic hydroxyl groups is 3. The summed E-state index contributed by atoms with van der Waals surface area (Å²) in [5.41, 5.74) is 1.71. The van der Waals surface area contributed by atoms with E-state index in [1.807, 2.05) is 31.2 Å². The Morgan fingerprint density at radius 1 is 1.11 bits per heavy atom. The zero-order chi connectivity index (χ0) is 19.3. The van der Waals surface area contributed by atoms with Gasteiger partial charge in [-0.1, -0.05) is 29.8 Å². The minimum atomic E-state index is -1.40. The summed E-state index contributed by atoms with van der Waals surface area (Å²) >= 11 is 0. The zero-order valence-corrected chi connectivity index (χ0v) is 14.7. The van der Waals surface area contributed by atoms with Crippen molar-refractivity contribution >= 4 is 11.3 Å². The molecule has 0 spiro atoms. The maximum Gasteiger partial charge on any atom is 0.333 e. The van der Waals surface area contributed by atoms with Crippen LogP contribution in [0.3, 0.4) is 0 Å². The van der Waals surface area contributed by atoms with Crippen LogP contribution in [0.2, 0.25) is 0 Å². The summed E-state index contributed by atoms with van der Waals surface area (Å²) in [6, 6.07) is 7.57. The molecule has 4 rings (SSSR count). The standard InChI is InChI=1S/C17H19N5O5/c1-8-3-5-9(6-4-8)13-18-14-15(20-19-13)22(17(26)21(14)2)16-12(25)11(24)10(7-23)27-16/h3-6,10-12,16,23-25H,7H2,1-2H3/t10-,11-,12-,16-/m1/s1. The summed E-state index contributed by atoms with van der Waals surface area (Å²) in [4.78, 5) is 17.1. The quantitative estimate of drug-likeness (QED) is 0.538. The first-order valence-corrected chi connectivity index (χ1v) is 8.43. The van der Waals surface area contributed by atoms with Crippen molar-refractivity contribution < 1.29 is 20.1 Å². The number of aryl methyl sites for hydroxylation is 2. The molecule has 1 fully saturated rings. The van der Waals surface area contributed by atoms with Gasteiger partial charge in [0, 0.05) is 12.6 Å². The SMILES string of the molecule is Cc1ccc(-c2nnc3c(n2)n(C)c(=O)n3[C@@H]2O[C@H](CO)[C@@H](O)[C@H]2O)cc1. The number of fused-ring (bicyclic) bond motifs is 1. The second-order valence-corrected chi connectivity index (χ2v) is 6.59. The van der Waals surface area contributed by atoms with Gasteiger partial charge in [0.25, 0.3) is 0 Å². The Bertz CT molecular complexity index is 1040. The molecule has 3 aromatic rings. The fourth-order valence-electron chi connectivity index (χ4n) is 3.18. The third-order valence-corrected chi connectivity index (χ3v) is 4.77. The van der Waals surface area contributed by atoms with E-state index in [9.17, 15) is 20.1 Å². The molecule has 10 heteroatoms. The normalized spacial score (nSPS) is 25.4. The molecule has 1 saturated heterocycles. The van der Waals surface area contributed by atoms with Gasteiger partial charge in [-0.2, -0.15) is 0 Å². The highest BCUT2D eigenvalue weighted by Crippen LogP contribution is 2.30. The maximum absolute atomic E-state index is 12.7. The Labute approximate surface area is 153 Å². The molecule has 4 atom stereocenters. The van der Waals surface area contributed by atoms with E-state index in [1.54, 1.807) is 0 Å². The molecular formula is C17H19N5O5. The summed E-state index contributed by atoms with van der Waals surface area (Å²) < 4.78 is 7.82. The molecule has 0 aliphatic carbocycles. The van der Waals surface area contributed by atoms with E-state index >= 15 is 0 Å². The molecule has 0 bridgehead atoms. The number of hydrogen-bond donors (Lipinski definition) is 3. The lowest BCUT2D eigenvalue weighted by atomic mass is 10.1. The number of aliphatic hydroxyl groups excluding tert-OH is 3. The summed E-state index contributed by atoms with van der Waals surface area (Å²) in [5, 5.41) is 37.7. The van der Waals surface area contributed by atoms with Crippen molar-refractivity contribution in [3.8, 4) is 11.4 Å². The lowest BCUT2D eigenvalue weighted by Crippen LogP contribution is -2.35. The highest BCUT2D eigenvalue weighted by Gasteiger charge is 2.45. The van der Waals surface area contributed by atoms with Crippen LogP contribution in [-0.2, 0) is 11.8 Å². The minimum absolute atomic E-state index is 0.119. The van der Waals surface area contributed by atoms with Crippen LogP contribution in [0.4, 0.5) is 0 Å². The van der Waals surface area contributed by atoms with E-state index in [2.05, 4.69) is 15.2 Å². The Morgan fingerprint density at radius 2 is 1.81 bits per heavy atom. The van der Waals surface area contributed by atoms with Gasteiger partial charge in [0.05, 0.1) is 6.61 Å². The lowest BCUT2D eigenvalue weighted by molar-refractivity contribution is -0.0527. The number of rotatable bonds is 3. The third-order valence-electron chi connectivity index (χ3n) is 4.77. The molecule has 0 amide bonds. The van der Waals surface area contributed by atoms with E-state index in [1.165, 1.54) is 11.6 Å². The number of imidazole rings is 1. The molecule has 1 aromatic carbocycles. The molecular weight excluding hydrogens is 354 g/mol. The average Bonchev–Trinajstić information content (AvgIpc) is 3.09. The molecule has 3 heterocycles. The van der Waals surface area contributed by atoms with Crippen LogP contribution in [0.1, 0.15) is 11.8 Å². The third kappa shape index (κ3) is 2.73. The second-order valence-electron chi connectivity index (χ2n) is 6.59. The van der Waals surface area contributed by atoms with Gasteiger partial charge < -0.3 is 20.1 Å². The van der Waals surface area contributed by atoms with Crippen LogP contribution in [-0.4, -0.2) is 64.6 Å². The predicted octanol–water partition coefficient (Wildman–Crippen LogP) is -0.888. The lowest BCUT2D eigenvalue weighted by Gasteiger charge is -2.15. The van der Waals surface area contributed by atoms with Gasteiger partial charge in [-0.3, -0.25) is 4.57 Å². The topological polar surface area (TPSA) is 136 Å². The molecule has 2 aromatic heterocycles. The predicted molar refractivity (Wildman–Crippen MR) is 93.7 cm³/mol. The van der Waals surface area contributed by atoms with Gasteiger partial charge in [-0.05, 0) is 6.92 Å². The van der Waals surface area contributed by atoms with Crippen LogP contribution >= 0.6 is 0 Å². The molecule has 142 valence electrons. The van der Waals surface area contributed by atoms with Crippen molar-refractivity contribution in [3.63, 3.8) is 0 Å². The maximum atomic E-state index is 12.7. The van der Waals surface area contributed by atoms with Gasteiger partial charge in [-0.15, -0.1) is 10.2 Å². The van der Waals surface area contributed by atoms with Crippen molar-refractivity contribution in [2.45, 2.75) is 31.5 Å². The Balaban J connectivity index is 1.83. The van der Waals surface area contributed by atoms with E-state index in [0.717, 1.165) is 15.7 Å². The van der Waals surface area contributed by atoms with E-state index < -0.39 is 36.8 Å². The van der Waals surface area contributed by atoms with Gasteiger partial charge in [-0.25, -0.2) is 14.3 Å². The molecule has 10 nitrogen and oxygen atoms in total. The molecule has 27 heavy (non-hydrogen) atoms. The summed E-state index contributed by atoms with van der Waals surface area (Å²) in [6.07, 6.45) is -4.92. The van der Waals surface area contributed by atoms with Crippen LogP contribution in [0.25, 0.3) is 22.7 Å². The van der Waals surface area contributed by atoms with Crippen LogP contribution in [0, 0.1) is 6.92 Å². The minimum Gasteiger partial charge on any atom is -0.394 e. The summed E-state index contributed by atoms with van der Waals surface area (Å²) in [6.45, 7) is 1.48. The van der Waals surface area contributed by atoms with Crippen molar-refractivity contribution in [3.05, 3.63) is 40.3 Å². The Morgan fingerprint density at radius 3 is 2.44 bits per heavy atom. The van der Waals surface area contributed by atoms with Crippen molar-refractivity contribution in [1.82, 2.24) is 24.3 Å². The zero-order valence-electron chi connectivity index (χ0n) is 14.7. The molecule has 1 aliphatic heterocycles. The molecule has 0 radical (unpaired) electrons. The molecule has 1 aliphatic rings. The number of ether oxygens (including phenoxy) is 1. The molecule has 3 N–H and O–H groups in total. The highest BCUT2D eigenvalue weighted by atomic mass is 16.6. The number of aromatic nitrogens is 5. The smallest absolute Gasteiger partial charge is 0.333 e. The first kappa shape index (κ1) is 17.7. The van der Waals surface area contributed by atoms with E-state index in [0.29, 0.717) is 5.82 Å². The Kier molecular flexibility index (Phi) is 4.27. The fourth-order valence-corrected chi connectivity index (χ4v) is 3.18. The summed E-state index contributed by atoms with van der Waals surface area (Å²) in [7, 11) is 1.52. The van der Waals surface area contributed by atoms with Crippen LogP contribution in [0.5, 0.6) is 0 Å². The van der Waals surface area contributed by atoms with Crippen LogP contribution in [0.15, 0.2) is 29.1 Å². The van der Waals surface area contributed by atoms with E-state index in [-0.39, 0.29) is 11.3 Å². The first-order valence-electron chi connectivity index (χ1n) is 8.43. The van der Waals surface area contributed by atoms with E-state index in [4.69, 9.17) is 4.74 Å². The van der Waals surface area contributed by atoms with Gasteiger partial charge >= 0.3 is 5.69 Å². The van der Waals surface area contributed by atoms with Crippen molar-refractivity contribution in [1.29, 1.82) is 0 Å².